The molecule has 0 radical (unpaired) electrons. The van der Waals surface area contributed by atoms with Gasteiger partial charge in [-0.1, -0.05) is 72.5 Å². The standard InChI is InChI=1S/C28H27NO3S2/c1-20-9-12-25(17-21(20)2)32-16-6-15-31-24-13-10-22(11-14-24)18-26-27(30)29(28(33)34-26)19-23-7-4-3-5-8-23/h3-5,7-14,17-18H,6,15-16,19H2,1-2H3/b26-18+. The summed E-state index contributed by atoms with van der Waals surface area (Å²) in [5.74, 6) is 1.63. The van der Waals surface area contributed by atoms with Gasteiger partial charge in [-0.05, 0) is 66.4 Å². The fourth-order valence-electron chi connectivity index (χ4n) is 3.46. The first kappa shape index (κ1) is 24.0. The maximum atomic E-state index is 12.8. The Morgan fingerprint density at radius 2 is 1.56 bits per heavy atom. The van der Waals surface area contributed by atoms with Gasteiger partial charge in [0.1, 0.15) is 15.8 Å². The van der Waals surface area contributed by atoms with Crippen LogP contribution in [-0.2, 0) is 11.3 Å². The molecule has 1 heterocycles. The molecule has 1 saturated heterocycles. The van der Waals surface area contributed by atoms with Crippen molar-refractivity contribution in [2.24, 2.45) is 0 Å². The lowest BCUT2D eigenvalue weighted by atomic mass is 10.1. The zero-order chi connectivity index (χ0) is 23.9. The Labute approximate surface area is 210 Å². The summed E-state index contributed by atoms with van der Waals surface area (Å²) in [6, 6.07) is 23.7. The number of ether oxygens (including phenoxy) is 2. The van der Waals surface area contributed by atoms with E-state index in [1.807, 2.05) is 66.7 Å². The summed E-state index contributed by atoms with van der Waals surface area (Å²) in [5, 5.41) is 0. The second-order valence-corrected chi connectivity index (χ2v) is 9.79. The monoisotopic (exact) mass is 489 g/mol. The SMILES string of the molecule is Cc1ccc(OCCCOc2ccc(/C=C3/SC(=S)N(Cc4ccccc4)C3=O)cc2)cc1C. The molecule has 0 bridgehead atoms. The molecule has 0 unspecified atom stereocenters. The van der Waals surface area contributed by atoms with Gasteiger partial charge in [0.05, 0.1) is 24.7 Å². The predicted octanol–water partition coefficient (Wildman–Crippen LogP) is 6.55. The first-order valence-corrected chi connectivity index (χ1v) is 12.4. The van der Waals surface area contributed by atoms with Crippen LogP contribution in [0.3, 0.4) is 0 Å². The maximum absolute atomic E-state index is 12.8. The largest absolute Gasteiger partial charge is 0.493 e. The van der Waals surface area contributed by atoms with E-state index in [0.717, 1.165) is 29.0 Å². The van der Waals surface area contributed by atoms with Crippen molar-refractivity contribution in [3.05, 3.63) is 100.0 Å². The molecule has 4 nitrogen and oxygen atoms in total. The van der Waals surface area contributed by atoms with Crippen LogP contribution in [0.4, 0.5) is 0 Å². The lowest BCUT2D eigenvalue weighted by molar-refractivity contribution is -0.122. The van der Waals surface area contributed by atoms with E-state index in [2.05, 4.69) is 26.0 Å². The topological polar surface area (TPSA) is 38.8 Å². The first-order chi connectivity index (χ1) is 16.5. The third kappa shape index (κ3) is 6.27. The van der Waals surface area contributed by atoms with Crippen LogP contribution in [0, 0.1) is 13.8 Å². The molecule has 1 fully saturated rings. The molecule has 0 atom stereocenters. The Kier molecular flexibility index (Phi) is 8.03. The molecule has 0 spiro atoms. The summed E-state index contributed by atoms with van der Waals surface area (Å²) in [4.78, 5) is 15.1. The van der Waals surface area contributed by atoms with Gasteiger partial charge in [-0.2, -0.15) is 0 Å². The van der Waals surface area contributed by atoms with Crippen LogP contribution in [0.1, 0.15) is 28.7 Å². The Bertz CT molecular complexity index is 1190. The summed E-state index contributed by atoms with van der Waals surface area (Å²) in [6.07, 6.45) is 2.67. The van der Waals surface area contributed by atoms with E-state index in [1.54, 1.807) is 4.90 Å². The fraction of sp³-hybridized carbons (Fsp3) is 0.214. The average Bonchev–Trinajstić information content (AvgIpc) is 3.10. The maximum Gasteiger partial charge on any atom is 0.266 e. The molecule has 0 N–H and O–H groups in total. The van der Waals surface area contributed by atoms with Crippen molar-refractivity contribution in [3.63, 3.8) is 0 Å². The highest BCUT2D eigenvalue weighted by atomic mass is 32.2. The van der Waals surface area contributed by atoms with Crippen LogP contribution in [-0.4, -0.2) is 28.3 Å². The highest BCUT2D eigenvalue weighted by Gasteiger charge is 2.31. The van der Waals surface area contributed by atoms with Crippen molar-refractivity contribution in [2.45, 2.75) is 26.8 Å². The molecular formula is C28H27NO3S2. The van der Waals surface area contributed by atoms with Gasteiger partial charge < -0.3 is 9.47 Å². The summed E-state index contributed by atoms with van der Waals surface area (Å²) in [5.41, 5.74) is 4.48. The molecule has 174 valence electrons. The van der Waals surface area contributed by atoms with Gasteiger partial charge in [0.2, 0.25) is 0 Å². The number of amides is 1. The van der Waals surface area contributed by atoms with E-state index < -0.39 is 0 Å². The predicted molar refractivity (Wildman–Crippen MR) is 143 cm³/mol. The number of thioether (sulfide) groups is 1. The van der Waals surface area contributed by atoms with E-state index in [0.29, 0.717) is 29.0 Å². The number of hydrogen-bond donors (Lipinski definition) is 0. The van der Waals surface area contributed by atoms with Gasteiger partial charge in [-0.3, -0.25) is 9.69 Å². The molecule has 6 heteroatoms. The normalized spacial score (nSPS) is 14.6. The number of carbonyl (C=O) groups excluding carboxylic acids is 1. The lowest BCUT2D eigenvalue weighted by Crippen LogP contribution is -2.27. The number of rotatable bonds is 9. The Morgan fingerprint density at radius 1 is 0.882 bits per heavy atom. The van der Waals surface area contributed by atoms with E-state index in [9.17, 15) is 4.79 Å². The van der Waals surface area contributed by atoms with E-state index >= 15 is 0 Å². The number of hydrogen-bond acceptors (Lipinski definition) is 5. The average molecular weight is 490 g/mol. The smallest absolute Gasteiger partial charge is 0.266 e. The van der Waals surface area contributed by atoms with Gasteiger partial charge in [-0.25, -0.2) is 0 Å². The second-order valence-electron chi connectivity index (χ2n) is 8.12. The van der Waals surface area contributed by atoms with Crippen LogP contribution >= 0.6 is 24.0 Å². The van der Waals surface area contributed by atoms with Crippen LogP contribution in [0.2, 0.25) is 0 Å². The molecule has 34 heavy (non-hydrogen) atoms. The molecular weight excluding hydrogens is 462 g/mol. The van der Waals surface area contributed by atoms with Crippen molar-refractivity contribution >= 4 is 40.3 Å². The van der Waals surface area contributed by atoms with Crippen LogP contribution < -0.4 is 9.47 Å². The Morgan fingerprint density at radius 3 is 2.26 bits per heavy atom. The molecule has 1 aliphatic heterocycles. The zero-order valence-corrected chi connectivity index (χ0v) is 21.0. The van der Waals surface area contributed by atoms with Gasteiger partial charge in [0.25, 0.3) is 5.91 Å². The zero-order valence-electron chi connectivity index (χ0n) is 19.3. The van der Waals surface area contributed by atoms with E-state index in [4.69, 9.17) is 21.7 Å². The van der Waals surface area contributed by atoms with Crippen LogP contribution in [0.5, 0.6) is 11.5 Å². The van der Waals surface area contributed by atoms with Crippen LogP contribution in [0.15, 0.2) is 77.7 Å². The number of aryl methyl sites for hydroxylation is 2. The minimum absolute atomic E-state index is 0.0528. The van der Waals surface area contributed by atoms with Crippen molar-refractivity contribution in [2.75, 3.05) is 13.2 Å². The van der Waals surface area contributed by atoms with Crippen molar-refractivity contribution in [1.82, 2.24) is 4.90 Å². The molecule has 1 aliphatic rings. The first-order valence-electron chi connectivity index (χ1n) is 11.2. The molecule has 0 aliphatic carbocycles. The number of thiocarbonyl (C=S) groups is 1. The highest BCUT2D eigenvalue weighted by molar-refractivity contribution is 8.26. The minimum Gasteiger partial charge on any atom is -0.493 e. The number of carbonyl (C=O) groups is 1. The molecule has 0 aromatic heterocycles. The summed E-state index contributed by atoms with van der Waals surface area (Å²) >= 11 is 6.78. The van der Waals surface area contributed by atoms with Crippen LogP contribution in [0.25, 0.3) is 6.08 Å². The molecule has 3 aromatic carbocycles. The molecule has 4 rings (SSSR count). The number of nitrogens with zero attached hydrogens (tertiary/aromatic N) is 1. The van der Waals surface area contributed by atoms with Crippen molar-refractivity contribution in [3.8, 4) is 11.5 Å². The number of benzene rings is 3. The minimum atomic E-state index is -0.0528. The second kappa shape index (κ2) is 11.4. The molecule has 3 aromatic rings. The fourth-order valence-corrected chi connectivity index (χ4v) is 4.71. The Balaban J connectivity index is 1.25. The van der Waals surface area contributed by atoms with Gasteiger partial charge in [0, 0.05) is 6.42 Å². The third-order valence-electron chi connectivity index (χ3n) is 5.54. The quantitative estimate of drug-likeness (QED) is 0.194. The van der Waals surface area contributed by atoms with Gasteiger partial charge >= 0.3 is 0 Å². The van der Waals surface area contributed by atoms with E-state index in [1.165, 1.54) is 22.9 Å². The van der Waals surface area contributed by atoms with Gasteiger partial charge in [-0.15, -0.1) is 0 Å². The molecule has 0 saturated carbocycles. The van der Waals surface area contributed by atoms with Crippen molar-refractivity contribution in [1.29, 1.82) is 0 Å². The lowest BCUT2D eigenvalue weighted by Gasteiger charge is -2.14. The summed E-state index contributed by atoms with van der Waals surface area (Å²) < 4.78 is 12.2. The van der Waals surface area contributed by atoms with Gasteiger partial charge in [0.15, 0.2) is 0 Å². The molecule has 1 amide bonds. The Hall–Kier alpha value is -3.09. The summed E-state index contributed by atoms with van der Waals surface area (Å²) in [7, 11) is 0. The summed E-state index contributed by atoms with van der Waals surface area (Å²) in [6.45, 7) is 5.84. The van der Waals surface area contributed by atoms with E-state index in [-0.39, 0.29) is 5.91 Å². The third-order valence-corrected chi connectivity index (χ3v) is 6.92. The van der Waals surface area contributed by atoms with Crippen molar-refractivity contribution < 1.29 is 14.3 Å². The highest BCUT2D eigenvalue weighted by Crippen LogP contribution is 2.33.